The number of ether oxygens (including phenoxy) is 1. The number of aliphatic hydroxyl groups is 1. The molecular formula is C34H40N4O3. The number of carbonyl (C=O) groups is 1. The Morgan fingerprint density at radius 3 is 2.51 bits per heavy atom. The summed E-state index contributed by atoms with van der Waals surface area (Å²) in [7, 11) is 1.60. The van der Waals surface area contributed by atoms with E-state index in [0.29, 0.717) is 48.6 Å². The third kappa shape index (κ3) is 6.18. The van der Waals surface area contributed by atoms with Gasteiger partial charge in [0.25, 0.3) is 0 Å². The summed E-state index contributed by atoms with van der Waals surface area (Å²) in [6.45, 7) is 0.710. The van der Waals surface area contributed by atoms with Crippen LogP contribution in [0.1, 0.15) is 87.3 Å². The summed E-state index contributed by atoms with van der Waals surface area (Å²) >= 11 is 0. The highest BCUT2D eigenvalue weighted by Gasteiger charge is 2.32. The lowest BCUT2D eigenvalue weighted by Crippen LogP contribution is -2.41. The van der Waals surface area contributed by atoms with Crippen LogP contribution in [0.5, 0.6) is 5.75 Å². The number of aromatic nitrogens is 2. The molecule has 3 saturated carbocycles. The molecule has 214 valence electrons. The van der Waals surface area contributed by atoms with Crippen LogP contribution in [0.2, 0.25) is 0 Å². The van der Waals surface area contributed by atoms with Crippen LogP contribution < -0.4 is 9.64 Å². The van der Waals surface area contributed by atoms with E-state index in [1.807, 2.05) is 23.2 Å². The van der Waals surface area contributed by atoms with Gasteiger partial charge in [0.2, 0.25) is 5.91 Å². The van der Waals surface area contributed by atoms with Crippen molar-refractivity contribution in [2.75, 3.05) is 18.6 Å². The lowest BCUT2D eigenvalue weighted by atomic mass is 9.78. The Morgan fingerprint density at radius 1 is 1.02 bits per heavy atom. The van der Waals surface area contributed by atoms with Gasteiger partial charge in [0.1, 0.15) is 11.8 Å². The number of aliphatic hydroxyl groups excluding tert-OH is 1. The average molecular weight is 553 g/mol. The lowest BCUT2D eigenvalue weighted by Gasteiger charge is -2.36. The van der Waals surface area contributed by atoms with E-state index in [0.717, 1.165) is 55.3 Å². The van der Waals surface area contributed by atoms with Crippen LogP contribution in [-0.4, -0.2) is 40.6 Å². The molecule has 3 aliphatic rings. The van der Waals surface area contributed by atoms with E-state index in [9.17, 15) is 15.2 Å². The maximum absolute atomic E-state index is 14.0. The molecule has 2 aromatic carbocycles. The average Bonchev–Trinajstić information content (AvgIpc) is 3.75. The molecule has 1 heterocycles. The van der Waals surface area contributed by atoms with Gasteiger partial charge in [0.05, 0.1) is 31.0 Å². The van der Waals surface area contributed by atoms with E-state index >= 15 is 0 Å². The monoisotopic (exact) mass is 552 g/mol. The molecule has 7 nitrogen and oxygen atoms in total. The molecule has 7 heteroatoms. The molecule has 0 bridgehead atoms. The number of hydrogen-bond donors (Lipinski definition) is 1. The Kier molecular flexibility index (Phi) is 8.11. The summed E-state index contributed by atoms with van der Waals surface area (Å²) in [5.41, 5.74) is 4.91. The molecule has 1 amide bonds. The zero-order valence-corrected chi connectivity index (χ0v) is 23.9. The molecule has 1 aromatic heterocycles. The van der Waals surface area contributed by atoms with Gasteiger partial charge in [-0.05, 0) is 111 Å². The Balaban J connectivity index is 1.19. The fourth-order valence-electron chi connectivity index (χ4n) is 6.75. The minimum Gasteiger partial charge on any atom is -0.495 e. The van der Waals surface area contributed by atoms with Crippen LogP contribution in [0.15, 0.2) is 54.9 Å². The van der Waals surface area contributed by atoms with E-state index in [1.54, 1.807) is 7.11 Å². The predicted octanol–water partition coefficient (Wildman–Crippen LogP) is 6.62. The van der Waals surface area contributed by atoms with Gasteiger partial charge in [0, 0.05) is 29.9 Å². The van der Waals surface area contributed by atoms with Crippen LogP contribution in [0.4, 0.5) is 5.69 Å². The zero-order valence-electron chi connectivity index (χ0n) is 23.9. The number of carbonyl (C=O) groups excluding carboxylic acids is 1. The van der Waals surface area contributed by atoms with Crippen molar-refractivity contribution >= 4 is 11.6 Å². The maximum Gasteiger partial charge on any atom is 0.230 e. The number of benzene rings is 2. The van der Waals surface area contributed by atoms with Crippen LogP contribution in [0.25, 0.3) is 11.1 Å². The first kappa shape index (κ1) is 27.5. The number of anilines is 1. The first-order valence-corrected chi connectivity index (χ1v) is 15.2. The number of rotatable bonds is 8. The SMILES string of the molecule is COc1ccc(C2CCC(CN(C(=O)C3CCC(O)CC3)c3cccc(-c4cnn(C5CC5)c4)c3)CC2)cc1C#N. The molecule has 0 aliphatic heterocycles. The van der Waals surface area contributed by atoms with Gasteiger partial charge in [-0.2, -0.15) is 10.4 Å². The fraction of sp³-hybridized carbons (Fsp3) is 0.500. The quantitative estimate of drug-likeness (QED) is 0.339. The normalized spacial score (nSPS) is 24.4. The molecule has 0 radical (unpaired) electrons. The first-order valence-electron chi connectivity index (χ1n) is 15.2. The summed E-state index contributed by atoms with van der Waals surface area (Å²) in [5, 5.41) is 24.2. The van der Waals surface area contributed by atoms with E-state index in [4.69, 9.17) is 4.74 Å². The van der Waals surface area contributed by atoms with Crippen LogP contribution >= 0.6 is 0 Å². The minimum atomic E-state index is -0.284. The molecule has 41 heavy (non-hydrogen) atoms. The van der Waals surface area contributed by atoms with Crippen molar-refractivity contribution in [3.8, 4) is 22.9 Å². The molecule has 1 N–H and O–H groups in total. The van der Waals surface area contributed by atoms with Crippen molar-refractivity contribution in [2.24, 2.45) is 11.8 Å². The Morgan fingerprint density at radius 2 is 1.80 bits per heavy atom. The van der Waals surface area contributed by atoms with Crippen molar-refractivity contribution in [3.05, 3.63) is 66.0 Å². The Hall–Kier alpha value is -3.63. The van der Waals surface area contributed by atoms with Gasteiger partial charge in [0.15, 0.2) is 0 Å². The lowest BCUT2D eigenvalue weighted by molar-refractivity contribution is -0.124. The molecule has 3 aliphatic carbocycles. The van der Waals surface area contributed by atoms with E-state index in [1.165, 1.54) is 18.4 Å². The number of methoxy groups -OCH3 is 1. The van der Waals surface area contributed by atoms with Crippen molar-refractivity contribution in [2.45, 2.75) is 82.3 Å². The number of nitrogens with zero attached hydrogens (tertiary/aromatic N) is 4. The Labute approximate surface area is 242 Å². The second kappa shape index (κ2) is 12.1. The summed E-state index contributed by atoms with van der Waals surface area (Å²) in [4.78, 5) is 16.1. The van der Waals surface area contributed by atoms with Gasteiger partial charge in [-0.25, -0.2) is 0 Å². The largest absolute Gasteiger partial charge is 0.495 e. The zero-order chi connectivity index (χ0) is 28.3. The van der Waals surface area contributed by atoms with Crippen molar-refractivity contribution in [3.63, 3.8) is 0 Å². The van der Waals surface area contributed by atoms with Gasteiger partial charge >= 0.3 is 0 Å². The van der Waals surface area contributed by atoms with Crippen molar-refractivity contribution in [1.82, 2.24) is 9.78 Å². The van der Waals surface area contributed by atoms with Crippen molar-refractivity contribution in [1.29, 1.82) is 5.26 Å². The van der Waals surface area contributed by atoms with E-state index < -0.39 is 0 Å². The van der Waals surface area contributed by atoms with E-state index in [2.05, 4.69) is 52.4 Å². The summed E-state index contributed by atoms with van der Waals surface area (Å²) < 4.78 is 7.40. The molecule has 3 fully saturated rings. The third-order valence-electron chi connectivity index (χ3n) is 9.43. The van der Waals surface area contributed by atoms with Crippen molar-refractivity contribution < 1.29 is 14.6 Å². The summed E-state index contributed by atoms with van der Waals surface area (Å²) in [6, 6.07) is 17.1. The molecular weight excluding hydrogens is 512 g/mol. The van der Waals surface area contributed by atoms with Crippen LogP contribution in [0, 0.1) is 23.2 Å². The highest BCUT2D eigenvalue weighted by atomic mass is 16.5. The van der Waals surface area contributed by atoms with Gasteiger partial charge in [-0.15, -0.1) is 0 Å². The highest BCUT2D eigenvalue weighted by molar-refractivity contribution is 5.95. The smallest absolute Gasteiger partial charge is 0.230 e. The van der Waals surface area contributed by atoms with E-state index in [-0.39, 0.29) is 17.9 Å². The second-order valence-electron chi connectivity index (χ2n) is 12.2. The molecule has 3 aromatic rings. The standard InChI is InChI=1S/C34H40N4O3/c1-41-33-16-11-27(17-28(33)19-35)24-7-5-23(6-8-24)21-37(34(40)25-9-14-32(39)15-10-25)31-4-2-3-26(18-31)29-20-36-38(22-29)30-12-13-30/h2-4,11,16-18,20,22-25,30,32,39H,5-10,12-15,21H2,1H3. The fourth-order valence-corrected chi connectivity index (χ4v) is 6.75. The molecule has 0 atom stereocenters. The topological polar surface area (TPSA) is 91.4 Å². The van der Waals surface area contributed by atoms with Gasteiger partial charge in [-0.3, -0.25) is 9.48 Å². The molecule has 0 unspecified atom stereocenters. The van der Waals surface area contributed by atoms with Crippen LogP contribution in [-0.2, 0) is 4.79 Å². The minimum absolute atomic E-state index is 0.0419. The van der Waals surface area contributed by atoms with Gasteiger partial charge in [-0.1, -0.05) is 18.2 Å². The Bertz CT molecular complexity index is 1410. The summed E-state index contributed by atoms with van der Waals surface area (Å²) in [6.07, 6.45) is 13.2. The molecule has 6 rings (SSSR count). The predicted molar refractivity (Wildman–Crippen MR) is 159 cm³/mol. The third-order valence-corrected chi connectivity index (χ3v) is 9.43. The van der Waals surface area contributed by atoms with Gasteiger partial charge < -0.3 is 14.7 Å². The number of nitriles is 1. The number of hydrogen-bond acceptors (Lipinski definition) is 5. The van der Waals surface area contributed by atoms with Crippen LogP contribution in [0.3, 0.4) is 0 Å². The number of amides is 1. The summed E-state index contributed by atoms with van der Waals surface area (Å²) in [5.74, 6) is 1.61. The second-order valence-corrected chi connectivity index (χ2v) is 12.2. The first-order chi connectivity index (χ1) is 20.0. The molecule has 0 saturated heterocycles. The molecule has 0 spiro atoms. The maximum atomic E-state index is 14.0. The highest BCUT2D eigenvalue weighted by Crippen LogP contribution is 2.39.